The number of rotatable bonds is 10. The fourth-order valence-corrected chi connectivity index (χ4v) is 5.94. The van der Waals surface area contributed by atoms with Crippen LogP contribution in [0.4, 0.5) is 5.69 Å². The fraction of sp³-hybridized carbons (Fsp3) is 0.367. The number of ether oxygens (including phenoxy) is 1. The van der Waals surface area contributed by atoms with E-state index < -0.39 is 27.8 Å². The first-order chi connectivity index (χ1) is 18.6. The van der Waals surface area contributed by atoms with Crippen LogP contribution in [0.25, 0.3) is 0 Å². The van der Waals surface area contributed by atoms with Crippen molar-refractivity contribution in [1.82, 2.24) is 10.0 Å². The average Bonchev–Trinajstić information content (AvgIpc) is 2.93. The number of nitrogens with one attached hydrogen (secondary N) is 2. The molecule has 2 atom stereocenters. The lowest BCUT2D eigenvalue weighted by molar-refractivity contribution is -0.0603. The van der Waals surface area contributed by atoms with Crippen molar-refractivity contribution >= 4 is 21.6 Å². The summed E-state index contributed by atoms with van der Waals surface area (Å²) < 4.78 is 35.2. The predicted molar refractivity (Wildman–Crippen MR) is 153 cm³/mol. The van der Waals surface area contributed by atoms with Crippen LogP contribution in [-0.2, 0) is 16.4 Å². The zero-order valence-corrected chi connectivity index (χ0v) is 23.7. The van der Waals surface area contributed by atoms with Gasteiger partial charge >= 0.3 is 0 Å². The van der Waals surface area contributed by atoms with Crippen molar-refractivity contribution in [3.63, 3.8) is 0 Å². The maximum atomic E-state index is 13.3. The van der Waals surface area contributed by atoms with Gasteiger partial charge in [-0.3, -0.25) is 4.79 Å². The molecule has 0 bridgehead atoms. The number of hydrogen-bond acceptors (Lipinski definition) is 6. The smallest absolute Gasteiger partial charge is 0.251 e. The van der Waals surface area contributed by atoms with Crippen LogP contribution in [0.15, 0.2) is 77.7 Å². The van der Waals surface area contributed by atoms with Crippen molar-refractivity contribution < 1.29 is 23.1 Å². The van der Waals surface area contributed by atoms with Crippen molar-refractivity contribution in [3.8, 4) is 5.75 Å². The molecule has 1 aliphatic heterocycles. The van der Waals surface area contributed by atoms with Gasteiger partial charge in [-0.25, -0.2) is 13.1 Å². The second-order valence-corrected chi connectivity index (χ2v) is 11.9. The largest absolute Gasteiger partial charge is 0.485 e. The third kappa shape index (κ3) is 6.43. The lowest BCUT2D eigenvalue weighted by Crippen LogP contribution is -2.53. The fourth-order valence-electron chi connectivity index (χ4n) is 4.72. The van der Waals surface area contributed by atoms with Gasteiger partial charge in [-0.1, -0.05) is 37.3 Å². The number of carbonyl (C=O) groups excluding carboxylic acids is 1. The molecule has 1 aliphatic rings. The number of aliphatic hydroxyl groups excluding tert-OH is 1. The highest BCUT2D eigenvalue weighted by molar-refractivity contribution is 7.89. The molecular weight excluding hydrogens is 514 g/mol. The number of benzene rings is 3. The van der Waals surface area contributed by atoms with E-state index in [0.29, 0.717) is 30.0 Å². The number of anilines is 1. The molecule has 9 heteroatoms. The van der Waals surface area contributed by atoms with E-state index in [1.165, 1.54) is 0 Å². The number of hydrogen-bond donors (Lipinski definition) is 3. The third-order valence-electron chi connectivity index (χ3n) is 7.10. The summed E-state index contributed by atoms with van der Waals surface area (Å²) in [6.45, 7) is 9.31. The second-order valence-electron chi connectivity index (χ2n) is 10.2. The molecule has 0 spiro atoms. The summed E-state index contributed by atoms with van der Waals surface area (Å²) in [7, 11) is -3.97. The Bertz CT molecular complexity index is 1390. The molecule has 0 unspecified atom stereocenters. The lowest BCUT2D eigenvalue weighted by Gasteiger charge is -2.42. The number of fused-ring (bicyclic) bond motifs is 1. The van der Waals surface area contributed by atoms with E-state index in [1.807, 2.05) is 37.3 Å². The van der Waals surface area contributed by atoms with Crippen molar-refractivity contribution in [3.05, 3.63) is 89.5 Å². The highest BCUT2D eigenvalue weighted by Crippen LogP contribution is 2.41. The lowest BCUT2D eigenvalue weighted by atomic mass is 9.86. The number of sulfonamides is 1. The van der Waals surface area contributed by atoms with Crippen molar-refractivity contribution in [2.75, 3.05) is 24.5 Å². The predicted octanol–water partition coefficient (Wildman–Crippen LogP) is 4.06. The molecule has 1 amide bonds. The van der Waals surface area contributed by atoms with Gasteiger partial charge in [0.1, 0.15) is 17.5 Å². The van der Waals surface area contributed by atoms with Crippen LogP contribution >= 0.6 is 0 Å². The summed E-state index contributed by atoms with van der Waals surface area (Å²) >= 11 is 0. The van der Waals surface area contributed by atoms with E-state index in [2.05, 4.69) is 21.9 Å². The highest BCUT2D eigenvalue weighted by atomic mass is 32.2. The van der Waals surface area contributed by atoms with Crippen LogP contribution in [0.5, 0.6) is 5.75 Å². The number of nitrogens with zero attached hydrogens (tertiary/aromatic N) is 1. The minimum Gasteiger partial charge on any atom is -0.485 e. The Morgan fingerprint density at radius 1 is 1.03 bits per heavy atom. The molecule has 39 heavy (non-hydrogen) atoms. The van der Waals surface area contributed by atoms with E-state index in [-0.39, 0.29) is 10.8 Å². The molecule has 0 saturated carbocycles. The first-order valence-electron chi connectivity index (χ1n) is 13.3. The normalized spacial score (nSPS) is 18.1. The van der Waals surface area contributed by atoms with Crippen LogP contribution in [0.3, 0.4) is 0 Å². The van der Waals surface area contributed by atoms with Gasteiger partial charge in [-0.05, 0) is 75.2 Å². The Balaban J connectivity index is 1.54. The molecule has 4 rings (SSSR count). The van der Waals surface area contributed by atoms with Gasteiger partial charge in [-0.2, -0.15) is 0 Å². The number of aryl methyl sites for hydroxylation is 1. The van der Waals surface area contributed by atoms with Gasteiger partial charge in [0.25, 0.3) is 5.91 Å². The molecule has 8 nitrogen and oxygen atoms in total. The molecule has 3 N–H and O–H groups in total. The minimum atomic E-state index is -3.97. The molecule has 0 aliphatic carbocycles. The first-order valence-corrected chi connectivity index (χ1v) is 14.7. The van der Waals surface area contributed by atoms with Crippen LogP contribution in [0, 0.1) is 0 Å². The summed E-state index contributed by atoms with van der Waals surface area (Å²) in [5, 5.41) is 14.1. The Hall–Kier alpha value is -3.40. The van der Waals surface area contributed by atoms with Gasteiger partial charge in [0.2, 0.25) is 10.0 Å². The van der Waals surface area contributed by atoms with E-state index in [4.69, 9.17) is 4.74 Å². The maximum Gasteiger partial charge on any atom is 0.251 e. The van der Waals surface area contributed by atoms with Crippen molar-refractivity contribution in [2.45, 2.75) is 56.8 Å². The molecule has 0 saturated heterocycles. The zero-order chi connectivity index (χ0) is 28.2. The number of para-hydroxylation sites is 1. The molecule has 3 aromatic rings. The molecule has 0 fully saturated rings. The molecule has 3 aromatic carbocycles. The Morgan fingerprint density at radius 2 is 1.72 bits per heavy atom. The minimum absolute atomic E-state index is 0.102. The van der Waals surface area contributed by atoms with E-state index in [9.17, 15) is 18.3 Å². The Morgan fingerprint density at radius 3 is 2.36 bits per heavy atom. The van der Waals surface area contributed by atoms with Gasteiger partial charge in [0, 0.05) is 36.4 Å². The van der Waals surface area contributed by atoms with Crippen LogP contribution in [-0.4, -0.2) is 50.8 Å². The average molecular weight is 552 g/mol. The zero-order valence-electron chi connectivity index (χ0n) is 22.8. The van der Waals surface area contributed by atoms with Crippen LogP contribution in [0.1, 0.15) is 55.2 Å². The number of likely N-dealkylation sites (N-methyl/N-ethyl adjacent to an activating group) is 1. The Labute approximate surface area is 231 Å². The topological polar surface area (TPSA) is 108 Å². The van der Waals surface area contributed by atoms with Crippen LogP contribution < -0.4 is 19.7 Å². The summed E-state index contributed by atoms with van der Waals surface area (Å²) in [5.74, 6) is 0.120. The summed E-state index contributed by atoms with van der Waals surface area (Å²) in [6, 6.07) is 20.5. The highest BCUT2D eigenvalue weighted by Gasteiger charge is 2.44. The molecule has 0 aromatic heterocycles. The summed E-state index contributed by atoms with van der Waals surface area (Å²) in [4.78, 5) is 15.3. The standard InChI is InChI=1S/C30H37N3O5S/c1-5-21-12-15-24(16-13-21)39(36,37)32-27-25-20-22(14-17-26(25)38-30(3,4)28(27)34)29(35)31-18-19-33(6-2)23-10-8-7-9-11-23/h7-17,20,27-28,32,34H,5-6,18-19H2,1-4H3,(H,31,35)/t27-,28-/m1/s1. The maximum absolute atomic E-state index is 13.3. The van der Waals surface area contributed by atoms with E-state index >= 15 is 0 Å². The van der Waals surface area contributed by atoms with Gasteiger partial charge in [-0.15, -0.1) is 0 Å². The van der Waals surface area contributed by atoms with E-state index in [1.54, 1.807) is 56.3 Å². The monoisotopic (exact) mass is 551 g/mol. The third-order valence-corrected chi connectivity index (χ3v) is 8.56. The SMILES string of the molecule is CCc1ccc(S(=O)(=O)N[C@@H]2c3cc(C(=O)NCCN(CC)c4ccccc4)ccc3OC(C)(C)[C@@H]2O)cc1. The molecule has 1 heterocycles. The molecular formula is C30H37N3O5S. The van der Waals surface area contributed by atoms with E-state index in [0.717, 1.165) is 24.2 Å². The molecule has 208 valence electrons. The van der Waals surface area contributed by atoms with Gasteiger partial charge < -0.3 is 20.1 Å². The quantitative estimate of drug-likeness (QED) is 0.351. The number of amides is 1. The summed E-state index contributed by atoms with van der Waals surface area (Å²) in [6.07, 6.45) is -0.404. The van der Waals surface area contributed by atoms with Crippen molar-refractivity contribution in [2.24, 2.45) is 0 Å². The van der Waals surface area contributed by atoms with Gasteiger partial charge in [0.15, 0.2) is 0 Å². The molecule has 0 radical (unpaired) electrons. The summed E-state index contributed by atoms with van der Waals surface area (Å²) in [5.41, 5.74) is 1.80. The number of aliphatic hydroxyl groups is 1. The van der Waals surface area contributed by atoms with Gasteiger partial charge in [0.05, 0.1) is 10.9 Å². The van der Waals surface area contributed by atoms with Crippen LogP contribution in [0.2, 0.25) is 0 Å². The first kappa shape index (κ1) is 28.6. The number of carbonyl (C=O) groups is 1. The Kier molecular flexibility index (Phi) is 8.64. The van der Waals surface area contributed by atoms with Crippen molar-refractivity contribution in [1.29, 1.82) is 0 Å². The second kappa shape index (κ2) is 11.8.